The topological polar surface area (TPSA) is 23.5 Å². The van der Waals surface area contributed by atoms with Crippen LogP contribution in [0.2, 0.25) is 0 Å². The van der Waals surface area contributed by atoms with Gasteiger partial charge in [0.2, 0.25) is 0 Å². The summed E-state index contributed by atoms with van der Waals surface area (Å²) in [6, 6.07) is -0.132. The summed E-state index contributed by atoms with van der Waals surface area (Å²) in [4.78, 5) is 0.196. The molecule has 1 heterocycles. The van der Waals surface area contributed by atoms with Crippen LogP contribution in [0.3, 0.4) is 0 Å². The van der Waals surface area contributed by atoms with Crippen molar-refractivity contribution in [1.29, 1.82) is 0 Å². The number of halogens is 4. The Morgan fingerprint density at radius 3 is 2.60 bits per heavy atom. The molecular formula is C9H15BrF3NO. The van der Waals surface area contributed by atoms with Crippen LogP contribution in [0.4, 0.5) is 13.2 Å². The number of aliphatic hydroxyl groups excluding tert-OH is 1. The first kappa shape index (κ1) is 13.3. The van der Waals surface area contributed by atoms with Crippen LogP contribution >= 0.6 is 15.9 Å². The van der Waals surface area contributed by atoms with Crippen LogP contribution in [0.5, 0.6) is 0 Å². The fraction of sp³-hybridized carbons (Fsp3) is 1.00. The quantitative estimate of drug-likeness (QED) is 0.804. The average molecular weight is 290 g/mol. The highest BCUT2D eigenvalue weighted by molar-refractivity contribution is 9.09. The Balaban J connectivity index is 2.52. The van der Waals surface area contributed by atoms with Crippen LogP contribution in [-0.4, -0.2) is 46.7 Å². The van der Waals surface area contributed by atoms with Gasteiger partial charge in [-0.15, -0.1) is 0 Å². The second-order valence-electron chi connectivity index (χ2n) is 4.02. The van der Waals surface area contributed by atoms with Crippen molar-refractivity contribution in [2.75, 3.05) is 19.7 Å². The Morgan fingerprint density at radius 1 is 1.53 bits per heavy atom. The number of rotatable bonds is 3. The number of aliphatic hydroxyl groups is 1. The Hall–Kier alpha value is 0.190. The van der Waals surface area contributed by atoms with E-state index in [4.69, 9.17) is 5.11 Å². The SMILES string of the molecule is CC1CCN(CC(Br)C(F)(F)F)C1CO. The van der Waals surface area contributed by atoms with E-state index in [2.05, 4.69) is 15.9 Å². The lowest BCUT2D eigenvalue weighted by molar-refractivity contribution is -0.131. The first-order valence-electron chi connectivity index (χ1n) is 4.92. The third-order valence-corrected chi connectivity index (χ3v) is 3.74. The standard InChI is InChI=1S/C9H15BrF3NO/c1-6-2-3-14(7(6)5-15)4-8(10)9(11,12)13/h6-8,15H,2-5H2,1H3. The number of likely N-dealkylation sites (tertiary alicyclic amines) is 1. The number of hydrogen-bond donors (Lipinski definition) is 1. The van der Waals surface area contributed by atoms with Gasteiger partial charge in [-0.25, -0.2) is 0 Å². The average Bonchev–Trinajstić information content (AvgIpc) is 2.45. The molecule has 1 saturated heterocycles. The first-order chi connectivity index (χ1) is 6.86. The molecule has 0 radical (unpaired) electrons. The smallest absolute Gasteiger partial charge is 0.395 e. The van der Waals surface area contributed by atoms with Gasteiger partial charge in [-0.2, -0.15) is 13.2 Å². The fourth-order valence-corrected chi connectivity index (χ4v) is 2.29. The molecule has 0 aromatic carbocycles. The van der Waals surface area contributed by atoms with Crippen molar-refractivity contribution in [3.05, 3.63) is 0 Å². The maximum atomic E-state index is 12.3. The lowest BCUT2D eigenvalue weighted by atomic mass is 10.0. The van der Waals surface area contributed by atoms with Crippen molar-refractivity contribution in [2.24, 2.45) is 5.92 Å². The predicted molar refractivity (Wildman–Crippen MR) is 55.0 cm³/mol. The molecule has 0 aliphatic carbocycles. The van der Waals surface area contributed by atoms with Crippen LogP contribution in [0.1, 0.15) is 13.3 Å². The molecule has 15 heavy (non-hydrogen) atoms. The van der Waals surface area contributed by atoms with Crippen molar-refractivity contribution < 1.29 is 18.3 Å². The molecule has 90 valence electrons. The molecule has 1 aliphatic rings. The molecule has 2 nitrogen and oxygen atoms in total. The van der Waals surface area contributed by atoms with E-state index in [1.807, 2.05) is 6.92 Å². The fourth-order valence-electron chi connectivity index (χ4n) is 1.92. The monoisotopic (exact) mass is 289 g/mol. The third kappa shape index (κ3) is 3.32. The summed E-state index contributed by atoms with van der Waals surface area (Å²) >= 11 is 2.64. The molecule has 0 aromatic rings. The Labute approximate surface area is 95.6 Å². The van der Waals surface area contributed by atoms with Gasteiger partial charge < -0.3 is 5.11 Å². The number of nitrogens with zero attached hydrogens (tertiary/aromatic N) is 1. The van der Waals surface area contributed by atoms with E-state index in [9.17, 15) is 13.2 Å². The molecule has 0 spiro atoms. The summed E-state index contributed by atoms with van der Waals surface area (Å²) in [6.45, 7) is 2.43. The molecule has 0 aromatic heterocycles. The van der Waals surface area contributed by atoms with E-state index in [1.165, 1.54) is 0 Å². The summed E-state index contributed by atoms with van der Waals surface area (Å²) in [5.41, 5.74) is 0. The molecule has 0 saturated carbocycles. The minimum atomic E-state index is -4.22. The Morgan fingerprint density at radius 2 is 2.13 bits per heavy atom. The van der Waals surface area contributed by atoms with E-state index in [1.54, 1.807) is 4.90 Å². The second-order valence-corrected chi connectivity index (χ2v) is 5.13. The summed E-state index contributed by atoms with van der Waals surface area (Å²) in [6.07, 6.45) is -3.37. The zero-order chi connectivity index (χ0) is 11.6. The van der Waals surface area contributed by atoms with Gasteiger partial charge in [-0.3, -0.25) is 4.90 Å². The van der Waals surface area contributed by atoms with E-state index in [0.29, 0.717) is 6.54 Å². The maximum absolute atomic E-state index is 12.3. The second kappa shape index (κ2) is 5.01. The van der Waals surface area contributed by atoms with Gasteiger partial charge in [0.25, 0.3) is 0 Å². The van der Waals surface area contributed by atoms with Crippen molar-refractivity contribution in [3.8, 4) is 0 Å². The van der Waals surface area contributed by atoms with Crippen molar-refractivity contribution >= 4 is 15.9 Å². The van der Waals surface area contributed by atoms with Gasteiger partial charge >= 0.3 is 6.18 Å². The normalized spacial score (nSPS) is 30.8. The maximum Gasteiger partial charge on any atom is 0.402 e. The van der Waals surface area contributed by atoms with E-state index >= 15 is 0 Å². The van der Waals surface area contributed by atoms with Gasteiger partial charge in [-0.05, 0) is 18.9 Å². The van der Waals surface area contributed by atoms with E-state index < -0.39 is 11.0 Å². The molecule has 1 N–H and O–H groups in total. The Kier molecular flexibility index (Phi) is 4.43. The molecule has 1 rings (SSSR count). The summed E-state index contributed by atoms with van der Waals surface area (Å²) in [7, 11) is 0. The molecular weight excluding hydrogens is 275 g/mol. The van der Waals surface area contributed by atoms with Crippen molar-refractivity contribution in [1.82, 2.24) is 4.90 Å². The van der Waals surface area contributed by atoms with Gasteiger partial charge in [0, 0.05) is 12.6 Å². The van der Waals surface area contributed by atoms with Crippen LogP contribution in [0.25, 0.3) is 0 Å². The zero-order valence-corrected chi connectivity index (χ0v) is 10.1. The van der Waals surface area contributed by atoms with Crippen molar-refractivity contribution in [3.63, 3.8) is 0 Å². The van der Waals surface area contributed by atoms with E-state index in [-0.39, 0.29) is 25.1 Å². The molecule has 0 amide bonds. The molecule has 1 aliphatic heterocycles. The number of alkyl halides is 4. The Bertz CT molecular complexity index is 212. The highest BCUT2D eigenvalue weighted by Gasteiger charge is 2.41. The van der Waals surface area contributed by atoms with Gasteiger partial charge in [0.1, 0.15) is 4.83 Å². The predicted octanol–water partition coefficient (Wildman–Crippen LogP) is 2.01. The largest absolute Gasteiger partial charge is 0.402 e. The molecule has 3 atom stereocenters. The van der Waals surface area contributed by atoms with Crippen LogP contribution < -0.4 is 0 Å². The molecule has 0 bridgehead atoms. The molecule has 3 unspecified atom stereocenters. The van der Waals surface area contributed by atoms with Crippen LogP contribution in [0, 0.1) is 5.92 Å². The highest BCUT2D eigenvalue weighted by Crippen LogP contribution is 2.30. The summed E-state index contributed by atoms with van der Waals surface area (Å²) in [5, 5.41) is 9.08. The van der Waals surface area contributed by atoms with Crippen molar-refractivity contribution in [2.45, 2.75) is 30.4 Å². The zero-order valence-electron chi connectivity index (χ0n) is 8.47. The lowest BCUT2D eigenvalue weighted by Gasteiger charge is -2.27. The third-order valence-electron chi connectivity index (χ3n) is 2.93. The summed E-state index contributed by atoms with van der Waals surface area (Å²) < 4.78 is 36.9. The molecule has 6 heteroatoms. The number of hydrogen-bond acceptors (Lipinski definition) is 2. The van der Waals surface area contributed by atoms with E-state index in [0.717, 1.165) is 6.42 Å². The minimum absolute atomic E-state index is 0.0707. The highest BCUT2D eigenvalue weighted by atomic mass is 79.9. The van der Waals surface area contributed by atoms with Gasteiger partial charge in [0.05, 0.1) is 6.61 Å². The van der Waals surface area contributed by atoms with Crippen LogP contribution in [0.15, 0.2) is 0 Å². The lowest BCUT2D eigenvalue weighted by Crippen LogP contribution is -2.42. The van der Waals surface area contributed by atoms with Crippen LogP contribution in [-0.2, 0) is 0 Å². The van der Waals surface area contributed by atoms with Gasteiger partial charge in [-0.1, -0.05) is 22.9 Å². The summed E-state index contributed by atoms with van der Waals surface area (Å²) in [5.74, 6) is 0.267. The first-order valence-corrected chi connectivity index (χ1v) is 5.83. The minimum Gasteiger partial charge on any atom is -0.395 e. The molecule has 1 fully saturated rings. The van der Waals surface area contributed by atoms with Gasteiger partial charge in [0.15, 0.2) is 0 Å².